The van der Waals surface area contributed by atoms with Gasteiger partial charge < -0.3 is 9.47 Å². The number of rotatable bonds is 5. The van der Waals surface area contributed by atoms with E-state index in [4.69, 9.17) is 4.74 Å². The first-order valence-corrected chi connectivity index (χ1v) is 4.79. The summed E-state index contributed by atoms with van der Waals surface area (Å²) in [4.78, 5) is 0. The molecule has 15 heavy (non-hydrogen) atoms. The summed E-state index contributed by atoms with van der Waals surface area (Å²) >= 11 is 0. The van der Waals surface area contributed by atoms with Gasteiger partial charge >= 0.3 is 6.61 Å². The number of hydrogen-bond donors (Lipinski definition) is 0. The molecule has 0 atom stereocenters. The molecule has 0 saturated carbocycles. The maximum atomic E-state index is 12.1. The molecule has 0 spiro atoms. The van der Waals surface area contributed by atoms with Gasteiger partial charge in [0.25, 0.3) is 0 Å². The lowest BCUT2D eigenvalue weighted by molar-refractivity contribution is -0.0512. The van der Waals surface area contributed by atoms with Crippen molar-refractivity contribution in [3.63, 3.8) is 0 Å². The Balaban J connectivity index is 2.91. The first-order valence-electron chi connectivity index (χ1n) is 4.79. The highest BCUT2D eigenvalue weighted by Crippen LogP contribution is 2.29. The molecular formula is C11H14F2O2. The topological polar surface area (TPSA) is 18.5 Å². The second kappa shape index (κ2) is 5.53. The van der Waals surface area contributed by atoms with Crippen molar-refractivity contribution in [1.29, 1.82) is 0 Å². The molecule has 0 aromatic heterocycles. The molecule has 84 valence electrons. The third kappa shape index (κ3) is 3.38. The number of alkyl halides is 2. The average molecular weight is 216 g/mol. The highest BCUT2D eigenvalue weighted by atomic mass is 19.3. The van der Waals surface area contributed by atoms with Gasteiger partial charge in [-0.25, -0.2) is 0 Å². The smallest absolute Gasteiger partial charge is 0.387 e. The van der Waals surface area contributed by atoms with E-state index in [1.54, 1.807) is 12.1 Å². The second-order valence-corrected chi connectivity index (χ2v) is 3.11. The van der Waals surface area contributed by atoms with Crippen LogP contribution in [0.2, 0.25) is 0 Å². The van der Waals surface area contributed by atoms with Crippen molar-refractivity contribution in [3.8, 4) is 11.5 Å². The molecule has 0 aliphatic rings. The lowest BCUT2D eigenvalue weighted by atomic mass is 10.1. The molecule has 0 saturated heterocycles. The largest absolute Gasteiger partial charge is 0.493 e. The summed E-state index contributed by atoms with van der Waals surface area (Å²) in [7, 11) is 1.42. The predicted molar refractivity (Wildman–Crippen MR) is 53.6 cm³/mol. The fraction of sp³-hybridized carbons (Fsp3) is 0.455. The average Bonchev–Trinajstić information content (AvgIpc) is 2.18. The van der Waals surface area contributed by atoms with E-state index in [1.165, 1.54) is 7.11 Å². The second-order valence-electron chi connectivity index (χ2n) is 3.11. The van der Waals surface area contributed by atoms with E-state index in [1.807, 2.05) is 13.0 Å². The van der Waals surface area contributed by atoms with E-state index in [0.717, 1.165) is 18.4 Å². The molecule has 1 aromatic rings. The molecule has 0 fully saturated rings. The van der Waals surface area contributed by atoms with E-state index in [2.05, 4.69) is 4.74 Å². The Morgan fingerprint density at radius 3 is 2.53 bits per heavy atom. The Kier molecular flexibility index (Phi) is 4.34. The van der Waals surface area contributed by atoms with E-state index in [9.17, 15) is 8.78 Å². The van der Waals surface area contributed by atoms with Crippen LogP contribution in [-0.4, -0.2) is 13.7 Å². The van der Waals surface area contributed by atoms with Crippen molar-refractivity contribution < 1.29 is 18.3 Å². The molecule has 0 bridgehead atoms. The minimum absolute atomic E-state index is 0.0958. The lowest BCUT2D eigenvalue weighted by Crippen LogP contribution is -2.04. The van der Waals surface area contributed by atoms with Gasteiger partial charge in [0.1, 0.15) is 0 Å². The zero-order chi connectivity index (χ0) is 11.3. The van der Waals surface area contributed by atoms with Crippen molar-refractivity contribution in [3.05, 3.63) is 23.8 Å². The molecule has 0 N–H and O–H groups in total. The van der Waals surface area contributed by atoms with Gasteiger partial charge in [-0.3, -0.25) is 0 Å². The van der Waals surface area contributed by atoms with Crippen molar-refractivity contribution >= 4 is 0 Å². The molecule has 0 heterocycles. The lowest BCUT2D eigenvalue weighted by Gasteiger charge is -2.11. The Morgan fingerprint density at radius 2 is 2.00 bits per heavy atom. The van der Waals surface area contributed by atoms with Crippen LogP contribution in [0.3, 0.4) is 0 Å². The fourth-order valence-corrected chi connectivity index (χ4v) is 1.35. The number of methoxy groups -OCH3 is 1. The van der Waals surface area contributed by atoms with Crippen LogP contribution in [0.1, 0.15) is 18.9 Å². The van der Waals surface area contributed by atoms with Crippen LogP contribution in [0, 0.1) is 0 Å². The summed E-state index contributed by atoms with van der Waals surface area (Å²) in [5, 5.41) is 0. The summed E-state index contributed by atoms with van der Waals surface area (Å²) in [6.45, 7) is -0.798. The highest BCUT2D eigenvalue weighted by molar-refractivity contribution is 5.43. The number of hydrogen-bond acceptors (Lipinski definition) is 2. The summed E-state index contributed by atoms with van der Waals surface area (Å²) in [5.41, 5.74) is 0.967. The molecular weight excluding hydrogens is 202 g/mol. The molecule has 0 radical (unpaired) electrons. The van der Waals surface area contributed by atoms with Crippen LogP contribution in [0.25, 0.3) is 0 Å². The number of benzene rings is 1. The first-order chi connectivity index (χ1) is 7.17. The van der Waals surface area contributed by atoms with Gasteiger partial charge in [0.2, 0.25) is 0 Å². The molecule has 2 nitrogen and oxygen atoms in total. The molecule has 1 rings (SSSR count). The Bertz CT molecular complexity index is 313. The van der Waals surface area contributed by atoms with Crippen molar-refractivity contribution in [2.75, 3.05) is 7.11 Å². The van der Waals surface area contributed by atoms with Gasteiger partial charge in [-0.05, 0) is 24.1 Å². The Morgan fingerprint density at radius 1 is 1.27 bits per heavy atom. The van der Waals surface area contributed by atoms with Gasteiger partial charge in [-0.15, -0.1) is 0 Å². The Hall–Kier alpha value is -1.32. The van der Waals surface area contributed by atoms with Gasteiger partial charge in [-0.1, -0.05) is 19.4 Å². The third-order valence-electron chi connectivity index (χ3n) is 1.98. The van der Waals surface area contributed by atoms with E-state index >= 15 is 0 Å². The highest BCUT2D eigenvalue weighted by Gasteiger charge is 2.10. The summed E-state index contributed by atoms with van der Waals surface area (Å²) in [6, 6.07) is 5.08. The normalized spacial score (nSPS) is 10.5. The SMILES string of the molecule is CCCc1ccc(OC)c(OC(F)F)c1. The number of ether oxygens (including phenoxy) is 2. The van der Waals surface area contributed by atoms with Crippen LogP contribution >= 0.6 is 0 Å². The molecule has 0 amide bonds. The predicted octanol–water partition coefficient (Wildman–Crippen LogP) is 3.25. The molecule has 0 unspecified atom stereocenters. The maximum absolute atomic E-state index is 12.1. The number of halogens is 2. The minimum Gasteiger partial charge on any atom is -0.493 e. The molecule has 0 aliphatic carbocycles. The van der Waals surface area contributed by atoms with Crippen LogP contribution < -0.4 is 9.47 Å². The van der Waals surface area contributed by atoms with Gasteiger partial charge in [0.15, 0.2) is 11.5 Å². The van der Waals surface area contributed by atoms with E-state index < -0.39 is 6.61 Å². The Labute approximate surface area is 87.8 Å². The zero-order valence-electron chi connectivity index (χ0n) is 8.80. The van der Waals surface area contributed by atoms with Crippen LogP contribution in [0.5, 0.6) is 11.5 Å². The van der Waals surface area contributed by atoms with Gasteiger partial charge in [0.05, 0.1) is 7.11 Å². The van der Waals surface area contributed by atoms with E-state index in [-0.39, 0.29) is 5.75 Å². The maximum Gasteiger partial charge on any atom is 0.387 e. The monoisotopic (exact) mass is 216 g/mol. The third-order valence-corrected chi connectivity index (χ3v) is 1.98. The first kappa shape index (κ1) is 11.8. The van der Waals surface area contributed by atoms with Gasteiger partial charge in [0, 0.05) is 0 Å². The minimum atomic E-state index is -2.82. The van der Waals surface area contributed by atoms with Crippen LogP contribution in [0.4, 0.5) is 8.78 Å². The zero-order valence-corrected chi connectivity index (χ0v) is 8.80. The van der Waals surface area contributed by atoms with Crippen LogP contribution in [0.15, 0.2) is 18.2 Å². The van der Waals surface area contributed by atoms with Crippen LogP contribution in [-0.2, 0) is 6.42 Å². The number of aryl methyl sites for hydroxylation is 1. The quantitative estimate of drug-likeness (QED) is 0.752. The molecule has 4 heteroatoms. The standard InChI is InChI=1S/C11H14F2O2/c1-3-4-8-5-6-9(14-2)10(7-8)15-11(12)13/h5-7,11H,3-4H2,1-2H3. The van der Waals surface area contributed by atoms with Crippen molar-refractivity contribution in [2.24, 2.45) is 0 Å². The van der Waals surface area contributed by atoms with Crippen molar-refractivity contribution in [1.82, 2.24) is 0 Å². The van der Waals surface area contributed by atoms with Gasteiger partial charge in [-0.2, -0.15) is 8.78 Å². The molecule has 0 aliphatic heterocycles. The summed E-state index contributed by atoms with van der Waals surface area (Å²) < 4.78 is 33.4. The van der Waals surface area contributed by atoms with Crippen molar-refractivity contribution in [2.45, 2.75) is 26.4 Å². The van der Waals surface area contributed by atoms with E-state index in [0.29, 0.717) is 5.75 Å². The fourth-order valence-electron chi connectivity index (χ4n) is 1.35. The molecule has 1 aromatic carbocycles. The summed E-state index contributed by atoms with van der Waals surface area (Å²) in [6.07, 6.45) is 1.80. The summed E-state index contributed by atoms with van der Waals surface area (Å²) in [5.74, 6) is 0.425.